The molecule has 6 nitrogen and oxygen atoms in total. The number of non-ortho nitro benzene ring substituents is 1. The zero-order valence-corrected chi connectivity index (χ0v) is 14.5. The molecule has 0 aliphatic heterocycles. The number of hydrogen-bond donors (Lipinski definition) is 2. The third kappa shape index (κ3) is 5.14. The van der Waals surface area contributed by atoms with E-state index in [1.807, 2.05) is 30.5 Å². The Balaban J connectivity index is 1.83. The fraction of sp³-hybridized carbons (Fsp3) is 0.353. The third-order valence-electron chi connectivity index (χ3n) is 3.73. The normalized spacial score (nSPS) is 13.2. The van der Waals surface area contributed by atoms with Gasteiger partial charge in [-0.3, -0.25) is 20.2 Å². The summed E-state index contributed by atoms with van der Waals surface area (Å²) in [5.74, 6) is -0.0798. The van der Waals surface area contributed by atoms with Crippen LogP contribution >= 0.6 is 11.3 Å². The second kappa shape index (κ2) is 8.56. The molecule has 24 heavy (non-hydrogen) atoms. The SMILES string of the molecule is C[C@H](N[C@@H](C)c1cccc([N+](=O)[O-])c1)C(=O)NCCc1cccs1. The van der Waals surface area contributed by atoms with E-state index in [1.165, 1.54) is 17.0 Å². The summed E-state index contributed by atoms with van der Waals surface area (Å²) in [4.78, 5) is 23.8. The molecule has 0 aliphatic rings. The fourth-order valence-electron chi connectivity index (χ4n) is 2.37. The second-order valence-electron chi connectivity index (χ2n) is 5.58. The van der Waals surface area contributed by atoms with E-state index in [9.17, 15) is 14.9 Å². The molecule has 0 bridgehead atoms. The summed E-state index contributed by atoms with van der Waals surface area (Å²) in [6, 6.07) is 9.93. The lowest BCUT2D eigenvalue weighted by atomic mass is 10.1. The Morgan fingerprint density at radius 2 is 2.08 bits per heavy atom. The lowest BCUT2D eigenvalue weighted by molar-refractivity contribution is -0.384. The number of nitrogens with one attached hydrogen (secondary N) is 2. The van der Waals surface area contributed by atoms with Crippen molar-refractivity contribution in [1.82, 2.24) is 10.6 Å². The largest absolute Gasteiger partial charge is 0.354 e. The molecule has 0 spiro atoms. The number of nitrogens with zero attached hydrogens (tertiary/aromatic N) is 1. The van der Waals surface area contributed by atoms with Crippen LogP contribution in [0.5, 0.6) is 0 Å². The van der Waals surface area contributed by atoms with Crippen LogP contribution in [-0.2, 0) is 11.2 Å². The Bertz CT molecular complexity index is 688. The van der Waals surface area contributed by atoms with Crippen LogP contribution in [0.25, 0.3) is 0 Å². The summed E-state index contributed by atoms with van der Waals surface area (Å²) in [5, 5.41) is 18.9. The van der Waals surface area contributed by atoms with Gasteiger partial charge in [0.1, 0.15) is 0 Å². The summed E-state index contributed by atoms with van der Waals surface area (Å²) in [6.07, 6.45) is 0.816. The Morgan fingerprint density at radius 1 is 1.29 bits per heavy atom. The van der Waals surface area contributed by atoms with Gasteiger partial charge >= 0.3 is 0 Å². The van der Waals surface area contributed by atoms with Gasteiger partial charge in [0.05, 0.1) is 11.0 Å². The predicted molar refractivity (Wildman–Crippen MR) is 95.1 cm³/mol. The molecule has 0 fully saturated rings. The Morgan fingerprint density at radius 3 is 2.75 bits per heavy atom. The average molecular weight is 347 g/mol. The summed E-state index contributed by atoms with van der Waals surface area (Å²) in [5.41, 5.74) is 0.830. The third-order valence-corrected chi connectivity index (χ3v) is 4.66. The van der Waals surface area contributed by atoms with E-state index in [1.54, 1.807) is 24.3 Å². The maximum Gasteiger partial charge on any atom is 0.269 e. The van der Waals surface area contributed by atoms with Gasteiger partial charge < -0.3 is 5.32 Å². The molecule has 0 saturated heterocycles. The minimum atomic E-state index is -0.420. The number of amides is 1. The highest BCUT2D eigenvalue weighted by Gasteiger charge is 2.17. The standard InChI is InChI=1S/C17H21N3O3S/c1-12(14-5-3-6-15(11-14)20(22)23)19-13(2)17(21)18-9-8-16-7-4-10-24-16/h3-7,10-13,19H,8-9H2,1-2H3,(H,18,21)/t12-,13-/m0/s1. The lowest BCUT2D eigenvalue weighted by Gasteiger charge is -2.20. The van der Waals surface area contributed by atoms with Crippen molar-refractivity contribution in [3.63, 3.8) is 0 Å². The molecule has 0 unspecified atom stereocenters. The molecule has 1 heterocycles. The van der Waals surface area contributed by atoms with Crippen LogP contribution in [0, 0.1) is 10.1 Å². The van der Waals surface area contributed by atoms with Crippen LogP contribution in [0.3, 0.4) is 0 Å². The molecule has 7 heteroatoms. The average Bonchev–Trinajstić information content (AvgIpc) is 3.08. The number of nitro groups is 1. The first kappa shape index (κ1) is 18.1. The number of hydrogen-bond acceptors (Lipinski definition) is 5. The van der Waals surface area contributed by atoms with Crippen molar-refractivity contribution < 1.29 is 9.72 Å². The van der Waals surface area contributed by atoms with Crippen molar-refractivity contribution in [2.45, 2.75) is 32.4 Å². The van der Waals surface area contributed by atoms with Gasteiger partial charge in [0, 0.05) is 29.6 Å². The minimum Gasteiger partial charge on any atom is -0.354 e. The van der Waals surface area contributed by atoms with Crippen molar-refractivity contribution >= 4 is 22.9 Å². The van der Waals surface area contributed by atoms with E-state index in [4.69, 9.17) is 0 Å². The molecule has 1 aromatic heterocycles. The van der Waals surface area contributed by atoms with E-state index >= 15 is 0 Å². The molecular formula is C17H21N3O3S. The highest BCUT2D eigenvalue weighted by atomic mass is 32.1. The summed E-state index contributed by atoms with van der Waals surface area (Å²) in [7, 11) is 0. The fourth-order valence-corrected chi connectivity index (χ4v) is 3.08. The van der Waals surface area contributed by atoms with Crippen LogP contribution in [0.15, 0.2) is 41.8 Å². The quantitative estimate of drug-likeness (QED) is 0.568. The van der Waals surface area contributed by atoms with Gasteiger partial charge in [-0.2, -0.15) is 0 Å². The van der Waals surface area contributed by atoms with Crippen LogP contribution in [0.4, 0.5) is 5.69 Å². The molecule has 128 valence electrons. The number of carbonyl (C=O) groups is 1. The molecular weight excluding hydrogens is 326 g/mol. The van der Waals surface area contributed by atoms with Gasteiger partial charge in [0.2, 0.25) is 5.91 Å². The number of nitro benzene ring substituents is 1. The second-order valence-corrected chi connectivity index (χ2v) is 6.61. The van der Waals surface area contributed by atoms with Gasteiger partial charge in [-0.1, -0.05) is 18.2 Å². The highest BCUT2D eigenvalue weighted by Crippen LogP contribution is 2.19. The molecule has 2 N–H and O–H groups in total. The van der Waals surface area contributed by atoms with Gasteiger partial charge in [0.15, 0.2) is 0 Å². The Hall–Kier alpha value is -2.25. The molecule has 0 aliphatic carbocycles. The van der Waals surface area contributed by atoms with E-state index < -0.39 is 4.92 Å². The van der Waals surface area contributed by atoms with Crippen molar-refractivity contribution in [1.29, 1.82) is 0 Å². The Kier molecular flexibility index (Phi) is 6.45. The molecule has 1 aromatic carbocycles. The summed E-state index contributed by atoms with van der Waals surface area (Å²) >= 11 is 1.67. The lowest BCUT2D eigenvalue weighted by Crippen LogP contribution is -2.43. The van der Waals surface area contributed by atoms with Crippen LogP contribution in [0.2, 0.25) is 0 Å². The van der Waals surface area contributed by atoms with E-state index in [-0.39, 0.29) is 23.7 Å². The van der Waals surface area contributed by atoms with Crippen molar-refractivity contribution in [2.75, 3.05) is 6.54 Å². The van der Waals surface area contributed by atoms with E-state index in [0.29, 0.717) is 6.54 Å². The number of thiophene rings is 1. The topological polar surface area (TPSA) is 84.3 Å². The summed E-state index contributed by atoms with van der Waals surface area (Å²) < 4.78 is 0. The van der Waals surface area contributed by atoms with Gasteiger partial charge in [-0.15, -0.1) is 11.3 Å². The first-order valence-electron chi connectivity index (χ1n) is 7.78. The smallest absolute Gasteiger partial charge is 0.269 e. The van der Waals surface area contributed by atoms with Crippen LogP contribution < -0.4 is 10.6 Å². The maximum atomic E-state index is 12.1. The monoisotopic (exact) mass is 347 g/mol. The van der Waals surface area contributed by atoms with Gasteiger partial charge in [-0.25, -0.2) is 0 Å². The zero-order chi connectivity index (χ0) is 17.5. The number of rotatable bonds is 8. The molecule has 2 rings (SSSR count). The van der Waals surface area contributed by atoms with Crippen LogP contribution in [-0.4, -0.2) is 23.4 Å². The van der Waals surface area contributed by atoms with Gasteiger partial charge in [0.25, 0.3) is 5.69 Å². The van der Waals surface area contributed by atoms with Crippen molar-refractivity contribution in [3.05, 3.63) is 62.3 Å². The highest BCUT2D eigenvalue weighted by molar-refractivity contribution is 7.09. The molecule has 0 saturated carbocycles. The zero-order valence-electron chi connectivity index (χ0n) is 13.7. The van der Waals surface area contributed by atoms with E-state index in [2.05, 4.69) is 10.6 Å². The first-order chi connectivity index (χ1) is 11.5. The van der Waals surface area contributed by atoms with Crippen LogP contribution in [0.1, 0.15) is 30.3 Å². The molecule has 0 radical (unpaired) electrons. The van der Waals surface area contributed by atoms with Crippen molar-refractivity contribution in [3.8, 4) is 0 Å². The Labute approximate surface area is 145 Å². The van der Waals surface area contributed by atoms with E-state index in [0.717, 1.165) is 12.0 Å². The molecule has 1 amide bonds. The number of carbonyl (C=O) groups excluding carboxylic acids is 1. The van der Waals surface area contributed by atoms with Gasteiger partial charge in [-0.05, 0) is 37.3 Å². The maximum absolute atomic E-state index is 12.1. The number of benzene rings is 1. The predicted octanol–water partition coefficient (Wildman–Crippen LogP) is 3.05. The summed E-state index contributed by atoms with van der Waals surface area (Å²) in [6.45, 7) is 4.26. The molecule has 2 atom stereocenters. The molecule has 2 aromatic rings. The first-order valence-corrected chi connectivity index (χ1v) is 8.66. The minimum absolute atomic E-state index is 0.0502. The van der Waals surface area contributed by atoms with Crippen molar-refractivity contribution in [2.24, 2.45) is 0 Å².